The van der Waals surface area contributed by atoms with E-state index in [9.17, 15) is 9.59 Å². The van der Waals surface area contributed by atoms with Crippen molar-refractivity contribution in [2.24, 2.45) is 35.0 Å². The Labute approximate surface area is 196 Å². The van der Waals surface area contributed by atoms with Crippen molar-refractivity contribution in [2.45, 2.75) is 104 Å². The van der Waals surface area contributed by atoms with Crippen molar-refractivity contribution in [3.05, 3.63) is 11.6 Å². The first-order valence-corrected chi connectivity index (χ1v) is 15.8. The summed E-state index contributed by atoms with van der Waals surface area (Å²) in [6.07, 6.45) is 9.72. The third kappa shape index (κ3) is 4.17. The standard InChI is InChI=1S/C27H44O4Si/c1-17(28)30-16-19-14-18-15-20(29)8-9-21(18)22-12-13-27(5)23(25(19)22)10-11-24(27)31-32(6,7)26(2,3)4/h15,19,21-25H,8-14,16H2,1-7H3/t19-,21-,22+,23-,24-,25+,27-/m0/s1. The first-order chi connectivity index (χ1) is 14.8. The van der Waals surface area contributed by atoms with Crippen LogP contribution in [0.25, 0.3) is 0 Å². The number of hydrogen-bond donors (Lipinski definition) is 0. The third-order valence-electron chi connectivity index (χ3n) is 10.1. The Bertz CT molecular complexity index is 794. The van der Waals surface area contributed by atoms with Gasteiger partial charge in [-0.25, -0.2) is 0 Å². The number of fused-ring (bicyclic) bond motifs is 5. The summed E-state index contributed by atoms with van der Waals surface area (Å²) in [5, 5.41) is 0.218. The number of allylic oxidation sites excluding steroid dienone is 1. The molecule has 0 unspecified atom stereocenters. The van der Waals surface area contributed by atoms with Crippen LogP contribution in [0.4, 0.5) is 0 Å². The summed E-state index contributed by atoms with van der Waals surface area (Å²) in [4.78, 5) is 23.8. The fourth-order valence-corrected chi connectivity index (χ4v) is 8.90. The number of ether oxygens (including phenoxy) is 1. The van der Waals surface area contributed by atoms with E-state index in [2.05, 4.69) is 40.8 Å². The van der Waals surface area contributed by atoms with Crippen molar-refractivity contribution in [3.63, 3.8) is 0 Å². The summed E-state index contributed by atoms with van der Waals surface area (Å²) in [6.45, 7) is 16.3. The number of ketones is 1. The largest absolute Gasteiger partial charge is 0.466 e. The fourth-order valence-electron chi connectivity index (χ4n) is 7.45. The molecule has 3 fully saturated rings. The lowest BCUT2D eigenvalue weighted by Gasteiger charge is -2.57. The highest BCUT2D eigenvalue weighted by molar-refractivity contribution is 6.74. The van der Waals surface area contributed by atoms with E-state index in [1.165, 1.54) is 31.8 Å². The lowest BCUT2D eigenvalue weighted by molar-refractivity contribution is -0.146. The molecular weight excluding hydrogens is 416 g/mol. The molecule has 0 spiro atoms. The second kappa shape index (κ2) is 8.37. The Hall–Kier alpha value is -0.943. The van der Waals surface area contributed by atoms with Crippen LogP contribution in [0.1, 0.15) is 79.6 Å². The van der Waals surface area contributed by atoms with Gasteiger partial charge in [0.2, 0.25) is 0 Å². The average molecular weight is 461 g/mol. The number of esters is 1. The van der Waals surface area contributed by atoms with E-state index in [0.29, 0.717) is 48.7 Å². The minimum absolute atomic E-state index is 0.193. The molecule has 0 amide bonds. The van der Waals surface area contributed by atoms with Crippen LogP contribution in [0.2, 0.25) is 18.1 Å². The Kier molecular flexibility index (Phi) is 6.33. The number of carbonyl (C=O) groups excluding carboxylic acids is 2. The Morgan fingerprint density at radius 3 is 2.56 bits per heavy atom. The van der Waals surface area contributed by atoms with Gasteiger partial charge in [0.25, 0.3) is 0 Å². The van der Waals surface area contributed by atoms with Crippen molar-refractivity contribution in [1.82, 2.24) is 0 Å². The summed E-state index contributed by atoms with van der Waals surface area (Å²) >= 11 is 0. The van der Waals surface area contributed by atoms with Gasteiger partial charge in [-0.2, -0.15) is 0 Å². The predicted molar refractivity (Wildman–Crippen MR) is 130 cm³/mol. The first kappa shape index (κ1) is 24.2. The van der Waals surface area contributed by atoms with Crippen LogP contribution in [-0.2, 0) is 18.8 Å². The van der Waals surface area contributed by atoms with Gasteiger partial charge in [-0.3, -0.25) is 9.59 Å². The van der Waals surface area contributed by atoms with Gasteiger partial charge >= 0.3 is 5.97 Å². The van der Waals surface area contributed by atoms with Gasteiger partial charge < -0.3 is 9.16 Å². The molecule has 0 aromatic carbocycles. The summed E-state index contributed by atoms with van der Waals surface area (Å²) in [5.41, 5.74) is 1.55. The fraction of sp³-hybridized carbons (Fsp3) is 0.852. The van der Waals surface area contributed by atoms with Crippen LogP contribution in [0.15, 0.2) is 11.6 Å². The maximum Gasteiger partial charge on any atom is 0.302 e. The molecule has 32 heavy (non-hydrogen) atoms. The van der Waals surface area contributed by atoms with Crippen molar-refractivity contribution in [1.29, 1.82) is 0 Å². The minimum atomic E-state index is -1.84. The Balaban J connectivity index is 1.62. The van der Waals surface area contributed by atoms with Gasteiger partial charge in [0.1, 0.15) is 0 Å². The van der Waals surface area contributed by atoms with E-state index in [0.717, 1.165) is 19.3 Å². The van der Waals surface area contributed by atoms with Crippen molar-refractivity contribution in [3.8, 4) is 0 Å². The molecule has 3 saturated carbocycles. The molecule has 180 valence electrons. The summed E-state index contributed by atoms with van der Waals surface area (Å²) in [5.74, 6) is 2.78. The molecule has 0 aromatic heterocycles. The Morgan fingerprint density at radius 2 is 1.91 bits per heavy atom. The summed E-state index contributed by atoms with van der Waals surface area (Å²) in [6, 6.07) is 0. The van der Waals surface area contributed by atoms with Gasteiger partial charge in [-0.05, 0) is 91.8 Å². The molecule has 0 aliphatic heterocycles. The Morgan fingerprint density at radius 1 is 1.19 bits per heavy atom. The molecule has 5 heteroatoms. The average Bonchev–Trinajstić information content (AvgIpc) is 3.00. The SMILES string of the molecule is CC(=O)OC[C@@H]1CC2=CC(=O)CC[C@@H]2[C@H]2CC[C@]3(C)[C@@H](O[Si](C)(C)C(C)(C)C)CC[C@H]3[C@H]12. The zero-order chi connectivity index (χ0) is 23.5. The zero-order valence-electron chi connectivity index (χ0n) is 21.3. The first-order valence-electron chi connectivity index (χ1n) is 12.9. The zero-order valence-corrected chi connectivity index (χ0v) is 22.3. The molecule has 4 nitrogen and oxygen atoms in total. The van der Waals surface area contributed by atoms with E-state index in [4.69, 9.17) is 9.16 Å². The molecule has 0 aromatic rings. The van der Waals surface area contributed by atoms with Gasteiger partial charge in [-0.15, -0.1) is 0 Å². The number of carbonyl (C=O) groups is 2. The second-order valence-corrected chi connectivity index (χ2v) is 17.7. The highest BCUT2D eigenvalue weighted by Crippen LogP contribution is 2.64. The van der Waals surface area contributed by atoms with E-state index in [1.54, 1.807) is 0 Å². The van der Waals surface area contributed by atoms with Crippen LogP contribution < -0.4 is 0 Å². The van der Waals surface area contributed by atoms with E-state index in [1.807, 2.05) is 6.08 Å². The molecule has 0 N–H and O–H groups in total. The molecule has 0 radical (unpaired) electrons. The van der Waals surface area contributed by atoms with Gasteiger partial charge in [-0.1, -0.05) is 33.3 Å². The topological polar surface area (TPSA) is 52.6 Å². The van der Waals surface area contributed by atoms with Crippen molar-refractivity contribution >= 4 is 20.1 Å². The third-order valence-corrected chi connectivity index (χ3v) is 14.6. The van der Waals surface area contributed by atoms with Crippen LogP contribution in [-0.4, -0.2) is 32.8 Å². The van der Waals surface area contributed by atoms with Crippen molar-refractivity contribution < 1.29 is 18.8 Å². The quantitative estimate of drug-likeness (QED) is 0.364. The molecule has 0 bridgehead atoms. The van der Waals surface area contributed by atoms with Crippen LogP contribution in [0, 0.1) is 35.0 Å². The van der Waals surface area contributed by atoms with Crippen molar-refractivity contribution in [2.75, 3.05) is 6.61 Å². The van der Waals surface area contributed by atoms with E-state index in [-0.39, 0.29) is 22.2 Å². The second-order valence-electron chi connectivity index (χ2n) is 12.9. The lowest BCUT2D eigenvalue weighted by Crippen LogP contribution is -2.54. The molecule has 0 saturated heterocycles. The van der Waals surface area contributed by atoms with Gasteiger partial charge in [0.15, 0.2) is 14.1 Å². The molecular formula is C27H44O4Si. The lowest BCUT2D eigenvalue weighted by atomic mass is 9.49. The van der Waals surface area contributed by atoms with E-state index >= 15 is 0 Å². The van der Waals surface area contributed by atoms with Gasteiger partial charge in [0, 0.05) is 19.3 Å². The van der Waals surface area contributed by atoms with Gasteiger partial charge in [0.05, 0.1) is 12.7 Å². The minimum Gasteiger partial charge on any atom is -0.466 e. The smallest absolute Gasteiger partial charge is 0.302 e. The maximum absolute atomic E-state index is 12.2. The number of hydrogen-bond acceptors (Lipinski definition) is 4. The normalized spacial score (nSPS) is 39.6. The highest BCUT2D eigenvalue weighted by Gasteiger charge is 2.60. The van der Waals surface area contributed by atoms with Crippen LogP contribution >= 0.6 is 0 Å². The highest BCUT2D eigenvalue weighted by atomic mass is 28.4. The predicted octanol–water partition coefficient (Wildman–Crippen LogP) is 6.31. The molecule has 7 atom stereocenters. The summed E-state index contributed by atoms with van der Waals surface area (Å²) in [7, 11) is -1.84. The monoisotopic (exact) mass is 460 g/mol. The molecule has 4 rings (SSSR count). The summed E-state index contributed by atoms with van der Waals surface area (Å²) < 4.78 is 12.7. The van der Waals surface area contributed by atoms with Crippen LogP contribution in [0.3, 0.4) is 0 Å². The molecule has 4 aliphatic carbocycles. The molecule has 0 heterocycles. The van der Waals surface area contributed by atoms with E-state index < -0.39 is 8.32 Å². The van der Waals surface area contributed by atoms with Crippen LogP contribution in [0.5, 0.6) is 0 Å². The number of rotatable bonds is 4. The maximum atomic E-state index is 12.2. The molecule has 4 aliphatic rings.